The molecule has 1 aromatic carbocycles. The van der Waals surface area contributed by atoms with Crippen LogP contribution in [-0.2, 0) is 9.47 Å². The Labute approximate surface area is 175 Å². The minimum Gasteiger partial charge on any atom is -0.382 e. The molecule has 150 valence electrons. The number of guanidine groups is 1. The summed E-state index contributed by atoms with van der Waals surface area (Å²) in [5.74, 6) is 0.855. The van der Waals surface area contributed by atoms with Gasteiger partial charge in [0.1, 0.15) is 0 Å². The molecule has 1 aromatic rings. The van der Waals surface area contributed by atoms with E-state index in [4.69, 9.17) is 9.47 Å². The minimum absolute atomic E-state index is 0. The summed E-state index contributed by atoms with van der Waals surface area (Å²) in [5.41, 5.74) is 1.26. The predicted molar refractivity (Wildman–Crippen MR) is 121 cm³/mol. The van der Waals surface area contributed by atoms with E-state index in [1.165, 1.54) is 5.69 Å². The SMILES string of the molecule is CN=C(NCCCCN(C)c1ccccc1)NCCCOCCOC.I. The van der Waals surface area contributed by atoms with Crippen LogP contribution in [0.1, 0.15) is 19.3 Å². The number of benzene rings is 1. The van der Waals surface area contributed by atoms with Gasteiger partial charge in [-0.25, -0.2) is 0 Å². The monoisotopic (exact) mass is 478 g/mol. The molecule has 0 fully saturated rings. The zero-order valence-electron chi connectivity index (χ0n) is 16.4. The number of halogens is 1. The second-order valence-electron chi connectivity index (χ2n) is 5.85. The van der Waals surface area contributed by atoms with Gasteiger partial charge in [0.15, 0.2) is 5.96 Å². The number of ether oxygens (including phenoxy) is 2. The third-order valence-corrected chi connectivity index (χ3v) is 3.82. The highest BCUT2D eigenvalue weighted by Crippen LogP contribution is 2.11. The fourth-order valence-corrected chi connectivity index (χ4v) is 2.34. The summed E-state index contributed by atoms with van der Waals surface area (Å²) in [6.07, 6.45) is 3.20. The molecule has 0 saturated carbocycles. The van der Waals surface area contributed by atoms with Crippen LogP contribution in [0.5, 0.6) is 0 Å². The van der Waals surface area contributed by atoms with E-state index < -0.39 is 0 Å². The molecule has 0 amide bonds. The molecule has 0 bridgehead atoms. The van der Waals surface area contributed by atoms with E-state index in [-0.39, 0.29) is 24.0 Å². The van der Waals surface area contributed by atoms with E-state index >= 15 is 0 Å². The molecule has 0 unspecified atom stereocenters. The maximum atomic E-state index is 5.43. The van der Waals surface area contributed by atoms with Crippen molar-refractivity contribution in [3.05, 3.63) is 30.3 Å². The first-order valence-corrected chi connectivity index (χ1v) is 9.05. The molecule has 0 atom stereocenters. The molecule has 0 radical (unpaired) electrons. The lowest BCUT2D eigenvalue weighted by atomic mass is 10.2. The second-order valence-corrected chi connectivity index (χ2v) is 5.85. The van der Waals surface area contributed by atoms with Gasteiger partial charge >= 0.3 is 0 Å². The summed E-state index contributed by atoms with van der Waals surface area (Å²) < 4.78 is 10.4. The smallest absolute Gasteiger partial charge is 0.190 e. The molecule has 26 heavy (non-hydrogen) atoms. The zero-order chi connectivity index (χ0) is 18.2. The Balaban J connectivity index is 0.00000625. The van der Waals surface area contributed by atoms with Gasteiger partial charge in [0.05, 0.1) is 13.2 Å². The molecule has 0 aromatic heterocycles. The molecule has 0 saturated heterocycles. The number of hydrogen-bond donors (Lipinski definition) is 2. The van der Waals surface area contributed by atoms with Crippen molar-refractivity contribution in [1.82, 2.24) is 10.6 Å². The first-order chi connectivity index (χ1) is 12.3. The van der Waals surface area contributed by atoms with Gasteiger partial charge in [0.2, 0.25) is 0 Å². The number of anilines is 1. The van der Waals surface area contributed by atoms with Gasteiger partial charge in [0.25, 0.3) is 0 Å². The highest BCUT2D eigenvalue weighted by atomic mass is 127. The fraction of sp³-hybridized carbons (Fsp3) is 0.632. The van der Waals surface area contributed by atoms with Crippen molar-refractivity contribution in [2.24, 2.45) is 4.99 Å². The van der Waals surface area contributed by atoms with Crippen molar-refractivity contribution < 1.29 is 9.47 Å². The summed E-state index contributed by atoms with van der Waals surface area (Å²) in [5, 5.41) is 6.66. The van der Waals surface area contributed by atoms with Crippen molar-refractivity contribution >= 4 is 35.6 Å². The molecule has 0 aliphatic carbocycles. The van der Waals surface area contributed by atoms with Crippen molar-refractivity contribution in [2.75, 3.05) is 65.6 Å². The van der Waals surface area contributed by atoms with Gasteiger partial charge in [-0.05, 0) is 31.4 Å². The fourth-order valence-electron chi connectivity index (χ4n) is 2.34. The molecule has 0 aliphatic heterocycles. The Bertz CT molecular complexity index is 460. The van der Waals surface area contributed by atoms with Crippen LogP contribution < -0.4 is 15.5 Å². The molecule has 1 rings (SSSR count). The number of nitrogens with zero attached hydrogens (tertiary/aromatic N) is 2. The van der Waals surface area contributed by atoms with Gasteiger partial charge in [0, 0.05) is 53.1 Å². The quantitative estimate of drug-likeness (QED) is 0.198. The van der Waals surface area contributed by atoms with Gasteiger partial charge in [-0.15, -0.1) is 24.0 Å². The molecule has 6 nitrogen and oxygen atoms in total. The average molecular weight is 478 g/mol. The molecule has 0 spiro atoms. The maximum Gasteiger partial charge on any atom is 0.190 e. The summed E-state index contributed by atoms with van der Waals surface area (Å²) >= 11 is 0. The van der Waals surface area contributed by atoms with E-state index in [1.54, 1.807) is 14.2 Å². The molecule has 0 aliphatic rings. The number of unbranched alkanes of at least 4 members (excludes halogenated alkanes) is 1. The summed E-state index contributed by atoms with van der Waals surface area (Å²) in [7, 11) is 5.62. The lowest BCUT2D eigenvalue weighted by Crippen LogP contribution is -2.38. The zero-order valence-corrected chi connectivity index (χ0v) is 18.7. The van der Waals surface area contributed by atoms with E-state index in [0.717, 1.165) is 51.5 Å². The van der Waals surface area contributed by atoms with E-state index in [0.29, 0.717) is 13.2 Å². The summed E-state index contributed by atoms with van der Waals surface area (Å²) in [6.45, 7) is 4.86. The van der Waals surface area contributed by atoms with Crippen LogP contribution in [0, 0.1) is 0 Å². The van der Waals surface area contributed by atoms with E-state index in [1.807, 2.05) is 6.07 Å². The normalized spacial score (nSPS) is 11.0. The second kappa shape index (κ2) is 17.4. The average Bonchev–Trinajstić information content (AvgIpc) is 2.65. The summed E-state index contributed by atoms with van der Waals surface area (Å²) in [4.78, 5) is 6.53. The van der Waals surface area contributed by atoms with Crippen LogP contribution in [0.25, 0.3) is 0 Å². The van der Waals surface area contributed by atoms with Crippen LogP contribution in [-0.4, -0.2) is 66.6 Å². The van der Waals surface area contributed by atoms with Gasteiger partial charge in [-0.3, -0.25) is 4.99 Å². The Morgan fingerprint density at radius 1 is 1.00 bits per heavy atom. The number of aliphatic imine (C=N–C) groups is 1. The topological polar surface area (TPSA) is 58.1 Å². The molecule has 7 heteroatoms. The first kappa shape index (κ1) is 24.9. The van der Waals surface area contributed by atoms with Gasteiger partial charge in [-0.1, -0.05) is 18.2 Å². The van der Waals surface area contributed by atoms with Crippen LogP contribution in [0.15, 0.2) is 35.3 Å². The maximum absolute atomic E-state index is 5.43. The van der Waals surface area contributed by atoms with Crippen LogP contribution in [0.4, 0.5) is 5.69 Å². The van der Waals surface area contributed by atoms with Crippen LogP contribution in [0.3, 0.4) is 0 Å². The first-order valence-electron chi connectivity index (χ1n) is 9.05. The Morgan fingerprint density at radius 2 is 1.69 bits per heavy atom. The van der Waals surface area contributed by atoms with E-state index in [9.17, 15) is 0 Å². The molecular weight excluding hydrogens is 443 g/mol. The standard InChI is InChI=1S/C19H34N4O2.HI/c1-20-19(22-13-9-15-25-17-16-24-3)21-12-7-8-14-23(2)18-10-5-4-6-11-18;/h4-6,10-11H,7-9,12-17H2,1-3H3,(H2,20,21,22);1H. The summed E-state index contributed by atoms with van der Waals surface area (Å²) in [6, 6.07) is 10.5. The van der Waals surface area contributed by atoms with Crippen molar-refractivity contribution in [2.45, 2.75) is 19.3 Å². The van der Waals surface area contributed by atoms with Crippen molar-refractivity contribution in [1.29, 1.82) is 0 Å². The van der Waals surface area contributed by atoms with Gasteiger partial charge < -0.3 is 25.0 Å². The number of methoxy groups -OCH3 is 1. The molecule has 0 heterocycles. The largest absolute Gasteiger partial charge is 0.382 e. The Kier molecular flexibility index (Phi) is 16.7. The lowest BCUT2D eigenvalue weighted by molar-refractivity contribution is 0.0698. The van der Waals surface area contributed by atoms with Crippen LogP contribution in [0.2, 0.25) is 0 Å². The third-order valence-electron chi connectivity index (χ3n) is 3.82. The highest BCUT2D eigenvalue weighted by molar-refractivity contribution is 14.0. The van der Waals surface area contributed by atoms with Crippen molar-refractivity contribution in [3.63, 3.8) is 0 Å². The Hall–Kier alpha value is -1.06. The number of para-hydroxylation sites is 1. The molecular formula is C19H35IN4O2. The molecule has 2 N–H and O–H groups in total. The number of nitrogens with one attached hydrogen (secondary N) is 2. The lowest BCUT2D eigenvalue weighted by Gasteiger charge is -2.19. The van der Waals surface area contributed by atoms with Gasteiger partial charge in [-0.2, -0.15) is 0 Å². The highest BCUT2D eigenvalue weighted by Gasteiger charge is 2.00. The Morgan fingerprint density at radius 3 is 2.35 bits per heavy atom. The van der Waals surface area contributed by atoms with Crippen molar-refractivity contribution in [3.8, 4) is 0 Å². The number of rotatable bonds is 13. The number of hydrogen-bond acceptors (Lipinski definition) is 4. The van der Waals surface area contributed by atoms with E-state index in [2.05, 4.69) is 51.8 Å². The van der Waals surface area contributed by atoms with Crippen LogP contribution >= 0.6 is 24.0 Å². The minimum atomic E-state index is 0. The predicted octanol–water partition coefficient (Wildman–Crippen LogP) is 2.74. The third kappa shape index (κ3) is 12.3.